The number of nitrogens with one attached hydrogen (secondary N) is 1. The van der Waals surface area contributed by atoms with E-state index in [9.17, 15) is 4.79 Å². The molecule has 1 fully saturated rings. The minimum Gasteiger partial charge on any atom is -0.331 e. The summed E-state index contributed by atoms with van der Waals surface area (Å²) >= 11 is 0. The highest BCUT2D eigenvalue weighted by Crippen LogP contribution is 2.31. The zero-order valence-corrected chi connectivity index (χ0v) is 10.8. The van der Waals surface area contributed by atoms with Gasteiger partial charge in [-0.25, -0.2) is 4.79 Å². The van der Waals surface area contributed by atoms with Crippen molar-refractivity contribution in [1.29, 1.82) is 0 Å². The number of nitrogens with two attached hydrogens (primary N) is 1. The number of nitrogens with zero attached hydrogens (tertiary/aromatic N) is 1. The van der Waals surface area contributed by atoms with Gasteiger partial charge in [-0.2, -0.15) is 0 Å². The Morgan fingerprint density at radius 3 is 2.50 bits per heavy atom. The molecule has 0 saturated heterocycles. The van der Waals surface area contributed by atoms with Crippen LogP contribution in [0.1, 0.15) is 39.5 Å². The molecule has 0 unspecified atom stereocenters. The molecule has 1 rings (SSSR count). The van der Waals surface area contributed by atoms with Crippen LogP contribution in [0.5, 0.6) is 0 Å². The molecule has 16 heavy (non-hydrogen) atoms. The molecule has 0 aliphatic heterocycles. The van der Waals surface area contributed by atoms with Gasteiger partial charge in [0, 0.05) is 20.1 Å². The van der Waals surface area contributed by atoms with Crippen LogP contribution in [0, 0.1) is 5.92 Å². The first kappa shape index (κ1) is 13.3. The Morgan fingerprint density at radius 1 is 1.50 bits per heavy atom. The van der Waals surface area contributed by atoms with Gasteiger partial charge in [-0.05, 0) is 38.5 Å². The summed E-state index contributed by atoms with van der Waals surface area (Å²) < 4.78 is 0. The van der Waals surface area contributed by atoms with Gasteiger partial charge in [0.2, 0.25) is 0 Å². The third-order valence-corrected chi connectivity index (χ3v) is 3.82. The van der Waals surface area contributed by atoms with E-state index in [0.29, 0.717) is 6.54 Å². The lowest BCUT2D eigenvalue weighted by atomic mass is 9.77. The maximum Gasteiger partial charge on any atom is 0.317 e. The Balaban J connectivity index is 2.57. The van der Waals surface area contributed by atoms with E-state index in [0.717, 1.165) is 38.1 Å². The van der Waals surface area contributed by atoms with Crippen molar-refractivity contribution in [2.75, 3.05) is 20.1 Å². The Hall–Kier alpha value is -0.770. The van der Waals surface area contributed by atoms with Gasteiger partial charge in [0.15, 0.2) is 0 Å². The molecule has 0 aromatic heterocycles. The number of carbonyl (C=O) groups excluding carboxylic acids is 1. The van der Waals surface area contributed by atoms with Crippen molar-refractivity contribution in [2.24, 2.45) is 11.7 Å². The van der Waals surface area contributed by atoms with Crippen LogP contribution in [0.15, 0.2) is 0 Å². The second kappa shape index (κ2) is 5.53. The molecule has 0 aromatic carbocycles. The van der Waals surface area contributed by atoms with Crippen molar-refractivity contribution in [1.82, 2.24) is 10.2 Å². The van der Waals surface area contributed by atoms with Crippen LogP contribution in [0.3, 0.4) is 0 Å². The number of urea groups is 1. The number of hydrogen-bond donors (Lipinski definition) is 2. The molecule has 0 spiro atoms. The van der Waals surface area contributed by atoms with Crippen LogP contribution >= 0.6 is 0 Å². The predicted octanol–water partition coefficient (Wildman–Crippen LogP) is 1.56. The maximum atomic E-state index is 11.8. The molecule has 4 heteroatoms. The fourth-order valence-corrected chi connectivity index (χ4v) is 2.16. The zero-order valence-electron chi connectivity index (χ0n) is 10.8. The fraction of sp³-hybridized carbons (Fsp3) is 0.917. The topological polar surface area (TPSA) is 58.4 Å². The van der Waals surface area contributed by atoms with Crippen molar-refractivity contribution in [2.45, 2.75) is 45.1 Å². The van der Waals surface area contributed by atoms with Gasteiger partial charge in [-0.1, -0.05) is 6.92 Å². The van der Waals surface area contributed by atoms with Gasteiger partial charge >= 0.3 is 6.03 Å². The summed E-state index contributed by atoms with van der Waals surface area (Å²) in [7, 11) is 1.81. The Labute approximate surface area is 98.6 Å². The first-order chi connectivity index (χ1) is 7.53. The second-order valence-electron chi connectivity index (χ2n) is 5.11. The molecule has 2 amide bonds. The summed E-state index contributed by atoms with van der Waals surface area (Å²) in [6.45, 7) is 5.50. The van der Waals surface area contributed by atoms with E-state index in [-0.39, 0.29) is 11.6 Å². The average Bonchev–Trinajstić information content (AvgIpc) is 2.31. The Kier molecular flexibility index (Phi) is 4.59. The first-order valence-corrected chi connectivity index (χ1v) is 6.26. The zero-order chi connectivity index (χ0) is 12.2. The summed E-state index contributed by atoms with van der Waals surface area (Å²) in [5.41, 5.74) is 5.68. The van der Waals surface area contributed by atoms with Crippen LogP contribution in [0.4, 0.5) is 4.79 Å². The Morgan fingerprint density at radius 2 is 2.06 bits per heavy atom. The van der Waals surface area contributed by atoms with Gasteiger partial charge in [0.25, 0.3) is 0 Å². The highest BCUT2D eigenvalue weighted by Gasteiger charge is 2.34. The van der Waals surface area contributed by atoms with E-state index >= 15 is 0 Å². The summed E-state index contributed by atoms with van der Waals surface area (Å²) in [5.74, 6) is 0.764. The quantitative estimate of drug-likeness (QED) is 0.768. The molecular formula is C12H25N3O. The van der Waals surface area contributed by atoms with E-state index in [1.807, 2.05) is 14.0 Å². The highest BCUT2D eigenvalue weighted by atomic mass is 16.2. The number of hydrogen-bond acceptors (Lipinski definition) is 2. The van der Waals surface area contributed by atoms with Crippen LogP contribution in [0.25, 0.3) is 0 Å². The summed E-state index contributed by atoms with van der Waals surface area (Å²) in [6.07, 6.45) is 4.34. The minimum atomic E-state index is -0.160. The van der Waals surface area contributed by atoms with E-state index in [1.54, 1.807) is 4.90 Å². The molecular weight excluding hydrogens is 202 g/mol. The summed E-state index contributed by atoms with van der Waals surface area (Å²) in [4.78, 5) is 13.5. The van der Waals surface area contributed by atoms with E-state index in [4.69, 9.17) is 5.73 Å². The molecule has 0 heterocycles. The van der Waals surface area contributed by atoms with Crippen LogP contribution in [-0.2, 0) is 0 Å². The van der Waals surface area contributed by atoms with Gasteiger partial charge in [0.05, 0.1) is 5.54 Å². The molecule has 0 aromatic rings. The van der Waals surface area contributed by atoms with Crippen LogP contribution in [-0.4, -0.2) is 36.6 Å². The van der Waals surface area contributed by atoms with Crippen LogP contribution < -0.4 is 11.1 Å². The summed E-state index contributed by atoms with van der Waals surface area (Å²) in [5, 5.41) is 3.12. The second-order valence-corrected chi connectivity index (χ2v) is 5.11. The predicted molar refractivity (Wildman–Crippen MR) is 66.3 cm³/mol. The normalized spacial score (nSPS) is 29.9. The third kappa shape index (κ3) is 3.11. The van der Waals surface area contributed by atoms with Gasteiger partial charge in [-0.15, -0.1) is 0 Å². The molecule has 94 valence electrons. The Bertz CT molecular complexity index is 234. The third-order valence-electron chi connectivity index (χ3n) is 3.82. The number of amides is 2. The molecule has 1 aliphatic rings. The van der Waals surface area contributed by atoms with Crippen molar-refractivity contribution in [3.05, 3.63) is 0 Å². The van der Waals surface area contributed by atoms with Crippen molar-refractivity contribution >= 4 is 6.03 Å². The minimum absolute atomic E-state index is 0.00232. The van der Waals surface area contributed by atoms with Crippen molar-refractivity contribution in [3.63, 3.8) is 0 Å². The molecule has 0 atom stereocenters. The maximum absolute atomic E-state index is 11.8. The molecule has 1 saturated carbocycles. The molecule has 0 radical (unpaired) electrons. The lowest BCUT2D eigenvalue weighted by Gasteiger charge is -2.40. The SMILES string of the molecule is CCN(C)C(=O)NC1(CN)CCC(C)CC1. The van der Waals surface area contributed by atoms with Gasteiger partial charge in [0.1, 0.15) is 0 Å². The smallest absolute Gasteiger partial charge is 0.317 e. The average molecular weight is 227 g/mol. The fourth-order valence-electron chi connectivity index (χ4n) is 2.16. The summed E-state index contributed by atoms with van der Waals surface area (Å²) in [6, 6.07) is 0.00232. The number of carbonyl (C=O) groups is 1. The van der Waals surface area contributed by atoms with E-state index in [1.165, 1.54) is 0 Å². The van der Waals surface area contributed by atoms with Gasteiger partial charge < -0.3 is 16.0 Å². The van der Waals surface area contributed by atoms with Crippen molar-refractivity contribution < 1.29 is 4.79 Å². The monoisotopic (exact) mass is 227 g/mol. The standard InChI is InChI=1S/C12H25N3O/c1-4-15(3)11(16)14-12(9-13)7-5-10(2)6-8-12/h10H,4-9,13H2,1-3H3,(H,14,16). The van der Waals surface area contributed by atoms with Crippen LogP contribution in [0.2, 0.25) is 0 Å². The number of rotatable bonds is 3. The van der Waals surface area contributed by atoms with E-state index in [2.05, 4.69) is 12.2 Å². The molecule has 0 bridgehead atoms. The van der Waals surface area contributed by atoms with Gasteiger partial charge in [-0.3, -0.25) is 0 Å². The molecule has 1 aliphatic carbocycles. The molecule has 4 nitrogen and oxygen atoms in total. The lowest BCUT2D eigenvalue weighted by molar-refractivity contribution is 0.169. The lowest BCUT2D eigenvalue weighted by Crippen LogP contribution is -2.58. The van der Waals surface area contributed by atoms with E-state index < -0.39 is 0 Å². The first-order valence-electron chi connectivity index (χ1n) is 6.26. The molecule has 3 N–H and O–H groups in total. The largest absolute Gasteiger partial charge is 0.331 e. The highest BCUT2D eigenvalue weighted by molar-refractivity contribution is 5.74. The van der Waals surface area contributed by atoms with Crippen molar-refractivity contribution in [3.8, 4) is 0 Å².